The lowest BCUT2D eigenvalue weighted by molar-refractivity contribution is -0.136. The number of ether oxygens (including phenoxy) is 1. The van der Waals surface area contributed by atoms with Crippen LogP contribution in [0.3, 0.4) is 0 Å². The van der Waals surface area contributed by atoms with Crippen molar-refractivity contribution < 1.29 is 18.7 Å². The van der Waals surface area contributed by atoms with Crippen LogP contribution in [-0.4, -0.2) is 53.7 Å². The number of hydrogen-bond donors (Lipinski definition) is 2. The molecule has 0 atom stereocenters. The molecule has 2 aromatic heterocycles. The Morgan fingerprint density at radius 2 is 2.24 bits per heavy atom. The Kier molecular flexibility index (Phi) is 5.49. The minimum absolute atomic E-state index is 0.0172. The maximum atomic E-state index is 12.1. The summed E-state index contributed by atoms with van der Waals surface area (Å²) < 4.78 is 10.1. The summed E-state index contributed by atoms with van der Waals surface area (Å²) in [6.07, 6.45) is 3.24. The van der Waals surface area contributed by atoms with Gasteiger partial charge in [-0.1, -0.05) is 0 Å². The summed E-state index contributed by atoms with van der Waals surface area (Å²) in [5, 5.41) is 9.83. The molecule has 134 valence electrons. The van der Waals surface area contributed by atoms with Crippen molar-refractivity contribution in [2.75, 3.05) is 26.8 Å². The fraction of sp³-hybridized carbons (Fsp3) is 0.471. The summed E-state index contributed by atoms with van der Waals surface area (Å²) >= 11 is 0. The third-order valence-corrected chi connectivity index (χ3v) is 4.39. The molecule has 0 spiro atoms. The molecule has 1 aliphatic heterocycles. The molecule has 8 nitrogen and oxygen atoms in total. The zero-order valence-corrected chi connectivity index (χ0v) is 14.2. The minimum atomic E-state index is -0.244. The number of carbonyl (C=O) groups excluding carboxylic acids is 2. The Morgan fingerprint density at radius 3 is 2.92 bits per heavy atom. The molecule has 1 fully saturated rings. The third kappa shape index (κ3) is 4.27. The highest BCUT2D eigenvalue weighted by Gasteiger charge is 2.25. The van der Waals surface area contributed by atoms with Gasteiger partial charge in [-0.3, -0.25) is 14.7 Å². The summed E-state index contributed by atoms with van der Waals surface area (Å²) in [5.74, 6) is 0.734. The molecule has 0 aliphatic carbocycles. The van der Waals surface area contributed by atoms with E-state index in [4.69, 9.17) is 9.15 Å². The molecule has 1 saturated heterocycles. The second-order valence-electron chi connectivity index (χ2n) is 6.06. The van der Waals surface area contributed by atoms with Crippen LogP contribution in [0, 0.1) is 0 Å². The van der Waals surface area contributed by atoms with E-state index in [9.17, 15) is 9.59 Å². The Balaban J connectivity index is 1.51. The van der Waals surface area contributed by atoms with Crippen molar-refractivity contribution in [3.63, 3.8) is 0 Å². The normalized spacial score (nSPS) is 15.3. The second-order valence-corrected chi connectivity index (χ2v) is 6.06. The van der Waals surface area contributed by atoms with Crippen LogP contribution in [0.4, 0.5) is 0 Å². The summed E-state index contributed by atoms with van der Waals surface area (Å²) in [5.41, 5.74) is 1.29. The van der Waals surface area contributed by atoms with Crippen molar-refractivity contribution in [2.45, 2.75) is 25.3 Å². The predicted octanol–water partition coefficient (Wildman–Crippen LogP) is 1.29. The van der Waals surface area contributed by atoms with E-state index in [0.717, 1.165) is 18.5 Å². The van der Waals surface area contributed by atoms with Gasteiger partial charge in [-0.05, 0) is 31.0 Å². The van der Waals surface area contributed by atoms with Crippen LogP contribution in [0.25, 0.3) is 0 Å². The number of furan rings is 1. The van der Waals surface area contributed by atoms with Gasteiger partial charge < -0.3 is 19.4 Å². The number of piperidine rings is 1. The molecule has 2 aromatic rings. The Hall–Kier alpha value is -2.61. The highest BCUT2D eigenvalue weighted by atomic mass is 16.5. The first-order chi connectivity index (χ1) is 12.2. The van der Waals surface area contributed by atoms with Gasteiger partial charge in [-0.2, -0.15) is 5.10 Å². The highest BCUT2D eigenvalue weighted by molar-refractivity contribution is 5.92. The number of nitrogens with one attached hydrogen (secondary N) is 2. The molecule has 25 heavy (non-hydrogen) atoms. The Morgan fingerprint density at radius 1 is 1.44 bits per heavy atom. The molecule has 2 N–H and O–H groups in total. The van der Waals surface area contributed by atoms with Gasteiger partial charge >= 0.3 is 0 Å². The fourth-order valence-electron chi connectivity index (χ4n) is 2.99. The van der Waals surface area contributed by atoms with Crippen molar-refractivity contribution in [2.24, 2.45) is 0 Å². The van der Waals surface area contributed by atoms with Crippen LogP contribution >= 0.6 is 0 Å². The van der Waals surface area contributed by atoms with Gasteiger partial charge in [0.2, 0.25) is 5.91 Å². The van der Waals surface area contributed by atoms with E-state index in [1.165, 1.54) is 7.11 Å². The topological polar surface area (TPSA) is 100 Å². The van der Waals surface area contributed by atoms with Gasteiger partial charge in [0.05, 0.1) is 12.8 Å². The largest absolute Gasteiger partial charge is 0.467 e. The molecule has 2 amide bonds. The number of amides is 2. The zero-order chi connectivity index (χ0) is 17.6. The molecule has 0 saturated carbocycles. The van der Waals surface area contributed by atoms with Crippen molar-refractivity contribution in [1.29, 1.82) is 0 Å². The number of methoxy groups -OCH3 is 1. The second kappa shape index (κ2) is 7.98. The number of aromatic nitrogens is 2. The van der Waals surface area contributed by atoms with E-state index in [1.807, 2.05) is 4.90 Å². The number of rotatable bonds is 6. The minimum Gasteiger partial charge on any atom is -0.467 e. The van der Waals surface area contributed by atoms with Crippen LogP contribution in [0.2, 0.25) is 0 Å². The lowest BCUT2D eigenvalue weighted by Gasteiger charge is -2.31. The first-order valence-corrected chi connectivity index (χ1v) is 8.30. The van der Waals surface area contributed by atoms with Gasteiger partial charge in [0.25, 0.3) is 5.91 Å². The summed E-state index contributed by atoms with van der Waals surface area (Å²) in [6, 6.07) is 5.36. The monoisotopic (exact) mass is 346 g/mol. The maximum Gasteiger partial charge on any atom is 0.272 e. The fourth-order valence-corrected chi connectivity index (χ4v) is 2.99. The SMILES string of the molecule is COCC(=O)N1CCC(c2cc(C(=O)NCc3ccco3)n[nH]2)CC1. The first-order valence-electron chi connectivity index (χ1n) is 8.30. The van der Waals surface area contributed by atoms with Crippen molar-refractivity contribution in [3.8, 4) is 0 Å². The molecule has 1 aliphatic rings. The average Bonchev–Trinajstić information content (AvgIpc) is 3.32. The third-order valence-electron chi connectivity index (χ3n) is 4.39. The molecule has 0 unspecified atom stereocenters. The lowest BCUT2D eigenvalue weighted by atomic mass is 9.93. The van der Waals surface area contributed by atoms with E-state index < -0.39 is 0 Å². The molecule has 8 heteroatoms. The molecule has 0 bridgehead atoms. The number of likely N-dealkylation sites (tertiary alicyclic amines) is 1. The van der Waals surface area contributed by atoms with Gasteiger partial charge in [-0.15, -0.1) is 0 Å². The maximum absolute atomic E-state index is 12.1. The number of carbonyl (C=O) groups is 2. The summed E-state index contributed by atoms with van der Waals surface area (Å²) in [4.78, 5) is 25.8. The van der Waals surface area contributed by atoms with E-state index in [1.54, 1.807) is 24.5 Å². The standard InChI is InChI=1S/C17H22N4O4/c1-24-11-16(22)21-6-4-12(5-7-21)14-9-15(20-19-14)17(23)18-10-13-3-2-8-25-13/h2-3,8-9,12H,4-7,10-11H2,1H3,(H,18,23)(H,19,20). The van der Waals surface area contributed by atoms with Crippen LogP contribution in [0.5, 0.6) is 0 Å². The van der Waals surface area contributed by atoms with Gasteiger partial charge in [0, 0.05) is 31.8 Å². The lowest BCUT2D eigenvalue weighted by Crippen LogP contribution is -2.39. The van der Waals surface area contributed by atoms with Gasteiger partial charge in [0.1, 0.15) is 18.1 Å². The van der Waals surface area contributed by atoms with Crippen LogP contribution in [-0.2, 0) is 16.1 Å². The Bertz CT molecular complexity index is 702. The number of hydrogen-bond acceptors (Lipinski definition) is 5. The molecular weight excluding hydrogens is 324 g/mol. The average molecular weight is 346 g/mol. The van der Waals surface area contributed by atoms with Crippen molar-refractivity contribution >= 4 is 11.8 Å². The molecule has 3 heterocycles. The van der Waals surface area contributed by atoms with E-state index in [2.05, 4.69) is 15.5 Å². The Labute approximate surface area is 145 Å². The zero-order valence-electron chi connectivity index (χ0n) is 14.2. The number of aromatic amines is 1. The van der Waals surface area contributed by atoms with E-state index in [-0.39, 0.29) is 24.3 Å². The highest BCUT2D eigenvalue weighted by Crippen LogP contribution is 2.27. The molecule has 3 rings (SSSR count). The summed E-state index contributed by atoms with van der Waals surface area (Å²) in [7, 11) is 1.52. The smallest absolute Gasteiger partial charge is 0.272 e. The van der Waals surface area contributed by atoms with Crippen LogP contribution in [0.1, 0.15) is 40.7 Å². The molecular formula is C17H22N4O4. The summed E-state index contributed by atoms with van der Waals surface area (Å²) in [6.45, 7) is 1.82. The molecule has 0 radical (unpaired) electrons. The van der Waals surface area contributed by atoms with Crippen LogP contribution in [0.15, 0.2) is 28.9 Å². The van der Waals surface area contributed by atoms with Crippen molar-refractivity contribution in [1.82, 2.24) is 20.4 Å². The molecule has 0 aromatic carbocycles. The van der Waals surface area contributed by atoms with Gasteiger partial charge in [0.15, 0.2) is 0 Å². The number of H-pyrrole nitrogens is 1. The van der Waals surface area contributed by atoms with E-state index in [0.29, 0.717) is 31.1 Å². The number of nitrogens with zero attached hydrogens (tertiary/aromatic N) is 2. The van der Waals surface area contributed by atoms with E-state index >= 15 is 0 Å². The van der Waals surface area contributed by atoms with Gasteiger partial charge in [-0.25, -0.2) is 0 Å². The van der Waals surface area contributed by atoms with Crippen LogP contribution < -0.4 is 5.32 Å². The first kappa shape index (κ1) is 17.2. The quantitative estimate of drug-likeness (QED) is 0.821. The van der Waals surface area contributed by atoms with Crippen molar-refractivity contribution in [3.05, 3.63) is 41.6 Å². The predicted molar refractivity (Wildman–Crippen MR) is 88.9 cm³/mol.